The van der Waals surface area contributed by atoms with Gasteiger partial charge in [0.15, 0.2) is 0 Å². The lowest BCUT2D eigenvalue weighted by Gasteiger charge is -2.18. The van der Waals surface area contributed by atoms with Crippen molar-refractivity contribution in [3.05, 3.63) is 29.3 Å². The van der Waals surface area contributed by atoms with Crippen molar-refractivity contribution < 1.29 is 27.9 Å². The van der Waals surface area contributed by atoms with Crippen molar-refractivity contribution in [2.24, 2.45) is 11.8 Å². The Labute approximate surface area is 139 Å². The Balaban J connectivity index is 2.01. The summed E-state index contributed by atoms with van der Waals surface area (Å²) in [4.78, 5) is 24.7. The number of amides is 1. The molecule has 1 N–H and O–H groups in total. The molecule has 1 aliphatic rings. The molecule has 1 fully saturated rings. The highest BCUT2D eigenvalue weighted by atomic mass is 35.5. The van der Waals surface area contributed by atoms with Crippen LogP contribution in [-0.4, -0.2) is 46.9 Å². The zero-order chi connectivity index (χ0) is 17.2. The molecule has 0 spiro atoms. The van der Waals surface area contributed by atoms with Gasteiger partial charge < -0.3 is 10.0 Å². The molecule has 2 rings (SSSR count). The average Bonchev–Trinajstić information content (AvgIpc) is 2.91. The fourth-order valence-electron chi connectivity index (χ4n) is 2.38. The molecule has 0 saturated carbocycles. The van der Waals surface area contributed by atoms with Gasteiger partial charge in [-0.15, -0.1) is 11.8 Å². The number of hydrogen-bond donors (Lipinski definition) is 1. The number of aliphatic carboxylic acids is 1. The van der Waals surface area contributed by atoms with Gasteiger partial charge >= 0.3 is 12.1 Å². The van der Waals surface area contributed by atoms with Crippen molar-refractivity contribution in [2.45, 2.75) is 11.1 Å². The first kappa shape index (κ1) is 17.9. The zero-order valence-electron chi connectivity index (χ0n) is 11.7. The summed E-state index contributed by atoms with van der Waals surface area (Å²) < 4.78 is 38.7. The molecule has 1 aromatic rings. The summed E-state index contributed by atoms with van der Waals surface area (Å²) in [6.07, 6.45) is -4.64. The molecule has 2 atom stereocenters. The highest BCUT2D eigenvalue weighted by Crippen LogP contribution is 2.38. The van der Waals surface area contributed by atoms with Gasteiger partial charge in [0.25, 0.3) is 0 Å². The van der Waals surface area contributed by atoms with Gasteiger partial charge in [0, 0.05) is 18.0 Å². The smallest absolute Gasteiger partial charge is 0.394 e. The topological polar surface area (TPSA) is 57.6 Å². The van der Waals surface area contributed by atoms with E-state index in [0.29, 0.717) is 9.92 Å². The van der Waals surface area contributed by atoms with Gasteiger partial charge in [0.2, 0.25) is 5.91 Å². The molecule has 1 heterocycles. The lowest BCUT2D eigenvalue weighted by atomic mass is 9.96. The SMILES string of the molecule is O=C(O)[C@@H]1CN(C(=O)CSc2ccccc2Cl)C[C@H]1C(F)(F)F. The lowest BCUT2D eigenvalue weighted by molar-refractivity contribution is -0.188. The molecule has 0 unspecified atom stereocenters. The van der Waals surface area contributed by atoms with Gasteiger partial charge in [-0.3, -0.25) is 9.59 Å². The van der Waals surface area contributed by atoms with Gasteiger partial charge in [-0.05, 0) is 12.1 Å². The third kappa shape index (κ3) is 4.32. The molecule has 0 aromatic heterocycles. The second-order valence-corrected chi connectivity index (χ2v) is 6.54. The van der Waals surface area contributed by atoms with Crippen LogP contribution >= 0.6 is 23.4 Å². The van der Waals surface area contributed by atoms with Crippen molar-refractivity contribution in [2.75, 3.05) is 18.8 Å². The second kappa shape index (κ2) is 7.00. The number of carbonyl (C=O) groups excluding carboxylic acids is 1. The van der Waals surface area contributed by atoms with Crippen LogP contribution in [0.15, 0.2) is 29.2 Å². The number of nitrogens with zero attached hydrogens (tertiary/aromatic N) is 1. The normalized spacial score (nSPS) is 21.5. The number of thioether (sulfide) groups is 1. The summed E-state index contributed by atoms with van der Waals surface area (Å²) in [5, 5.41) is 9.38. The number of hydrogen-bond acceptors (Lipinski definition) is 3. The number of carboxylic acid groups (broad SMARTS) is 1. The highest BCUT2D eigenvalue weighted by Gasteiger charge is 2.53. The monoisotopic (exact) mass is 367 g/mol. The van der Waals surface area contributed by atoms with Crippen LogP contribution in [0.4, 0.5) is 13.2 Å². The number of alkyl halides is 3. The third-order valence-electron chi connectivity index (χ3n) is 3.60. The number of halogens is 4. The second-order valence-electron chi connectivity index (χ2n) is 5.11. The molecule has 0 radical (unpaired) electrons. The Morgan fingerprint density at radius 1 is 1.30 bits per heavy atom. The first-order valence-corrected chi connectivity index (χ1v) is 8.01. The third-order valence-corrected chi connectivity index (χ3v) is 5.10. The first-order valence-electron chi connectivity index (χ1n) is 6.64. The van der Waals surface area contributed by atoms with E-state index < -0.39 is 43.0 Å². The quantitative estimate of drug-likeness (QED) is 0.831. The summed E-state index contributed by atoms with van der Waals surface area (Å²) in [5.74, 6) is -5.83. The highest BCUT2D eigenvalue weighted by molar-refractivity contribution is 8.00. The van der Waals surface area contributed by atoms with Crippen LogP contribution in [0.2, 0.25) is 5.02 Å². The molecule has 1 aromatic carbocycles. The van der Waals surface area contributed by atoms with E-state index in [1.165, 1.54) is 0 Å². The van der Waals surface area contributed by atoms with Crippen LogP contribution in [0.1, 0.15) is 0 Å². The Morgan fingerprint density at radius 3 is 2.48 bits per heavy atom. The van der Waals surface area contributed by atoms with Crippen LogP contribution < -0.4 is 0 Å². The number of benzene rings is 1. The summed E-state index contributed by atoms with van der Waals surface area (Å²) in [6.45, 7) is -1.05. The van der Waals surface area contributed by atoms with E-state index in [1.54, 1.807) is 24.3 Å². The predicted molar refractivity (Wildman–Crippen MR) is 79.4 cm³/mol. The van der Waals surface area contributed by atoms with Gasteiger partial charge in [-0.2, -0.15) is 13.2 Å². The number of rotatable bonds is 4. The van der Waals surface area contributed by atoms with Crippen molar-refractivity contribution in [1.82, 2.24) is 4.90 Å². The number of likely N-dealkylation sites (tertiary alicyclic amines) is 1. The molecule has 1 saturated heterocycles. The maximum Gasteiger partial charge on any atom is 0.394 e. The van der Waals surface area contributed by atoms with E-state index in [4.69, 9.17) is 16.7 Å². The maximum atomic E-state index is 12.9. The largest absolute Gasteiger partial charge is 0.481 e. The fourth-order valence-corrected chi connectivity index (χ4v) is 3.52. The van der Waals surface area contributed by atoms with Gasteiger partial charge in [0.05, 0.1) is 22.6 Å². The van der Waals surface area contributed by atoms with E-state index >= 15 is 0 Å². The van der Waals surface area contributed by atoms with Gasteiger partial charge in [0.1, 0.15) is 0 Å². The minimum absolute atomic E-state index is 0.0966. The molecule has 0 aliphatic carbocycles. The molecule has 4 nitrogen and oxygen atoms in total. The lowest BCUT2D eigenvalue weighted by Crippen LogP contribution is -2.34. The average molecular weight is 368 g/mol. The molecule has 0 bridgehead atoms. The van der Waals surface area contributed by atoms with E-state index in [-0.39, 0.29) is 5.75 Å². The Hall–Kier alpha value is -1.41. The van der Waals surface area contributed by atoms with Gasteiger partial charge in [-0.25, -0.2) is 0 Å². The molecule has 126 valence electrons. The van der Waals surface area contributed by atoms with E-state index in [9.17, 15) is 22.8 Å². The maximum absolute atomic E-state index is 12.9. The van der Waals surface area contributed by atoms with Crippen molar-refractivity contribution >= 4 is 35.2 Å². The Morgan fingerprint density at radius 2 is 1.96 bits per heavy atom. The summed E-state index contributed by atoms with van der Waals surface area (Å²) in [5.41, 5.74) is 0. The predicted octanol–water partition coefficient (Wildman–Crippen LogP) is 3.15. The fraction of sp³-hybridized carbons (Fsp3) is 0.429. The number of carbonyl (C=O) groups is 2. The Kier molecular flexibility index (Phi) is 5.46. The first-order chi connectivity index (χ1) is 10.7. The van der Waals surface area contributed by atoms with Crippen molar-refractivity contribution in [3.8, 4) is 0 Å². The molecular formula is C14H13ClF3NO3S. The van der Waals surface area contributed by atoms with E-state index in [2.05, 4.69) is 0 Å². The Bertz CT molecular complexity index is 611. The van der Waals surface area contributed by atoms with Crippen molar-refractivity contribution in [3.63, 3.8) is 0 Å². The van der Waals surface area contributed by atoms with Crippen LogP contribution in [0.3, 0.4) is 0 Å². The van der Waals surface area contributed by atoms with Crippen LogP contribution in [0, 0.1) is 11.8 Å². The van der Waals surface area contributed by atoms with Crippen LogP contribution in [-0.2, 0) is 9.59 Å². The van der Waals surface area contributed by atoms with Gasteiger partial charge in [-0.1, -0.05) is 23.7 Å². The minimum atomic E-state index is -4.64. The van der Waals surface area contributed by atoms with Crippen molar-refractivity contribution in [1.29, 1.82) is 0 Å². The molecule has 1 aliphatic heterocycles. The molecule has 23 heavy (non-hydrogen) atoms. The standard InChI is InChI=1S/C14H13ClF3NO3S/c15-10-3-1-2-4-11(10)23-7-12(20)19-5-8(13(21)22)9(6-19)14(16,17)18/h1-4,8-9H,5-7H2,(H,21,22)/t8-,9-/m1/s1. The van der Waals surface area contributed by atoms with Crippen LogP contribution in [0.25, 0.3) is 0 Å². The molecule has 9 heteroatoms. The van der Waals surface area contributed by atoms with E-state index in [0.717, 1.165) is 16.7 Å². The van der Waals surface area contributed by atoms with Crippen LogP contribution in [0.5, 0.6) is 0 Å². The summed E-state index contributed by atoms with van der Waals surface area (Å²) in [6, 6.07) is 6.79. The van der Waals surface area contributed by atoms with E-state index in [1.807, 2.05) is 0 Å². The number of carboxylic acids is 1. The zero-order valence-corrected chi connectivity index (χ0v) is 13.3. The summed E-state index contributed by atoms with van der Waals surface area (Å²) >= 11 is 7.05. The summed E-state index contributed by atoms with van der Waals surface area (Å²) in [7, 11) is 0. The minimum Gasteiger partial charge on any atom is -0.481 e. The molecular weight excluding hydrogens is 355 g/mol. The molecule has 1 amide bonds.